The topological polar surface area (TPSA) is 94.4 Å². The summed E-state index contributed by atoms with van der Waals surface area (Å²) in [5, 5.41) is 0. The highest BCUT2D eigenvalue weighted by Crippen LogP contribution is 2.03. The van der Waals surface area contributed by atoms with Gasteiger partial charge in [0.15, 0.2) is 0 Å². The van der Waals surface area contributed by atoms with Crippen molar-refractivity contribution in [2.45, 2.75) is 0 Å². The second-order valence-corrected chi connectivity index (χ2v) is 5.76. The van der Waals surface area contributed by atoms with Gasteiger partial charge in [0.25, 0.3) is 0 Å². The van der Waals surface area contributed by atoms with Crippen LogP contribution in [0.3, 0.4) is 0 Å². The predicted octanol–water partition coefficient (Wildman–Crippen LogP) is -1.06. The maximum absolute atomic E-state index is 9.85. The van der Waals surface area contributed by atoms with E-state index in [-0.39, 0.29) is 0 Å². The minimum atomic E-state index is -4.27. The summed E-state index contributed by atoms with van der Waals surface area (Å²) >= 11 is 7.19. The van der Waals surface area contributed by atoms with Gasteiger partial charge in [0.1, 0.15) is 0 Å². The van der Waals surface area contributed by atoms with Crippen molar-refractivity contribution < 1.29 is 17.5 Å². The van der Waals surface area contributed by atoms with Crippen molar-refractivity contribution in [3.05, 3.63) is 4.13 Å². The molecule has 0 spiro atoms. The summed E-state index contributed by atoms with van der Waals surface area (Å²) in [6, 6.07) is 0. The molecule has 0 aliphatic rings. The number of rotatable bonds is 2. The van der Waals surface area contributed by atoms with Crippen LogP contribution in [0.25, 0.3) is 4.13 Å². The molecule has 0 aliphatic carbocycles. The minimum Gasteiger partial charge on any atom is -0.785 e. The Kier molecular flexibility index (Phi) is 2.88. The largest absolute Gasteiger partial charge is 0.785 e. The summed E-state index contributed by atoms with van der Waals surface area (Å²) in [6.45, 7) is 0. The molecule has 0 heterocycles. The van der Waals surface area contributed by atoms with Crippen LogP contribution >= 0.6 is 0 Å². The molecule has 2 unspecified atom stereocenters. The van der Waals surface area contributed by atoms with E-state index in [9.17, 15) is 17.5 Å². The summed E-state index contributed by atoms with van der Waals surface area (Å²) in [7, 11) is -8.53. The molecule has 0 aromatic rings. The van der Waals surface area contributed by atoms with Gasteiger partial charge in [-0.25, -0.2) is 0 Å². The second kappa shape index (κ2) is 2.70. The molecule has 0 aromatic carbocycles. The van der Waals surface area contributed by atoms with Crippen molar-refractivity contribution in [3.8, 4) is 0 Å². The number of hydrogen-bond acceptors (Lipinski definition) is 6. The fraction of sp³-hybridized carbons (Fsp3) is 0. The van der Waals surface area contributed by atoms with Gasteiger partial charge >= 0.3 is 0 Å². The first kappa shape index (κ1) is 9.62. The summed E-state index contributed by atoms with van der Waals surface area (Å²) in [4.78, 5) is 0. The third-order valence-electron chi connectivity index (χ3n) is 0.183. The van der Waals surface area contributed by atoms with Gasteiger partial charge in [-0.3, -0.25) is 8.42 Å². The Labute approximate surface area is 62.1 Å². The molecule has 0 N–H and O–H groups in total. The monoisotopic (exact) mass is 206 g/mol. The minimum absolute atomic E-state index is 2.12. The molecule has 0 fully saturated rings. The zero-order valence-electron chi connectivity index (χ0n) is 3.71. The summed E-state index contributed by atoms with van der Waals surface area (Å²) in [5.74, 6) is 0. The Bertz CT molecular complexity index is 238. The highest BCUT2D eigenvalue weighted by Gasteiger charge is 1.72. The van der Waals surface area contributed by atoms with E-state index in [1.165, 1.54) is 0 Å². The van der Waals surface area contributed by atoms with Crippen LogP contribution in [0.1, 0.15) is 0 Å². The zero-order chi connectivity index (χ0) is 7.71. The van der Waals surface area contributed by atoms with Crippen molar-refractivity contribution >= 4 is 40.3 Å². The quantitative estimate of drug-likeness (QED) is 0.571. The van der Waals surface area contributed by atoms with Gasteiger partial charge in [0.05, 0.1) is 0 Å². The smallest absolute Gasteiger partial charge is 0.0540 e. The van der Waals surface area contributed by atoms with Gasteiger partial charge < -0.3 is 13.2 Å². The van der Waals surface area contributed by atoms with E-state index < -0.39 is 17.9 Å². The third-order valence-corrected chi connectivity index (χ3v) is 2.74. The van der Waals surface area contributed by atoms with Crippen LogP contribution in [0.2, 0.25) is 0 Å². The maximum atomic E-state index is 9.85. The van der Waals surface area contributed by atoms with Gasteiger partial charge in [-0.05, 0) is 0 Å². The van der Waals surface area contributed by atoms with Crippen LogP contribution in [0, 0.1) is 0 Å². The van der Waals surface area contributed by atoms with E-state index in [2.05, 4.69) is 26.5 Å². The molecule has 0 saturated heterocycles. The van der Waals surface area contributed by atoms with Crippen LogP contribution in [0.4, 0.5) is 0 Å². The Morgan fingerprint density at radius 3 is 1.33 bits per heavy atom. The Balaban J connectivity index is 4.46. The fourth-order valence-electron chi connectivity index (χ4n) is 0.112. The Morgan fingerprint density at radius 2 is 1.33 bits per heavy atom. The van der Waals surface area contributed by atoms with E-state index in [1.807, 2.05) is 0 Å². The molecule has 56 valence electrons. The van der Waals surface area contributed by atoms with Crippen LogP contribution in [0.5, 0.6) is 0 Å². The van der Waals surface area contributed by atoms with Crippen LogP contribution in [-0.4, -0.2) is 17.5 Å². The van der Waals surface area contributed by atoms with Gasteiger partial charge in [-0.1, -0.05) is 22.4 Å². The fourth-order valence-corrected chi connectivity index (χ4v) is 2.80. The molecule has 0 bridgehead atoms. The first-order valence-corrected chi connectivity index (χ1v) is 6.10. The average Bonchev–Trinajstić information content (AvgIpc) is 1.14. The zero-order valence-corrected chi connectivity index (χ0v) is 6.98. The highest BCUT2D eigenvalue weighted by atomic mass is 32.9. The van der Waals surface area contributed by atoms with Crippen LogP contribution < -0.4 is 0 Å². The van der Waals surface area contributed by atoms with Gasteiger partial charge in [-0.15, -0.1) is 17.9 Å². The lowest BCUT2D eigenvalue weighted by Crippen LogP contribution is -2.01. The molecule has 0 aromatic heterocycles. The van der Waals surface area contributed by atoms with Gasteiger partial charge in [-0.2, -0.15) is 0 Å². The molecular formula is NO4S4-3. The lowest BCUT2D eigenvalue weighted by atomic mass is 13.9. The van der Waals surface area contributed by atoms with Crippen molar-refractivity contribution in [3.63, 3.8) is 0 Å². The number of hydrogen-bond donors (Lipinski definition) is 0. The Morgan fingerprint density at radius 1 is 1.11 bits per heavy atom. The average molecular weight is 206 g/mol. The van der Waals surface area contributed by atoms with E-state index >= 15 is 0 Å². The van der Waals surface area contributed by atoms with Gasteiger partial charge in [0, 0.05) is 0 Å². The summed E-state index contributed by atoms with van der Waals surface area (Å²) < 4.78 is 41.5. The van der Waals surface area contributed by atoms with Gasteiger partial charge in [0.2, 0.25) is 0 Å². The second-order valence-electron chi connectivity index (χ2n) is 0.930. The van der Waals surface area contributed by atoms with Crippen LogP contribution in [0.15, 0.2) is 0 Å². The van der Waals surface area contributed by atoms with E-state index in [1.54, 1.807) is 0 Å². The molecule has 0 amide bonds. The van der Waals surface area contributed by atoms with Crippen molar-refractivity contribution in [1.82, 2.24) is 0 Å². The molecule has 2 atom stereocenters. The SMILES string of the molecule is O=S([O-])(=S)[N-]S(=O)([O-])=S. The third kappa shape index (κ3) is 8.62. The first-order chi connectivity index (χ1) is 3.71. The maximum Gasteiger partial charge on any atom is -0.0540 e. The van der Waals surface area contributed by atoms with E-state index in [0.717, 1.165) is 0 Å². The summed E-state index contributed by atoms with van der Waals surface area (Å²) in [5.41, 5.74) is 0. The number of nitrogens with zero attached hydrogens (tertiary/aromatic N) is 1. The molecule has 9 heavy (non-hydrogen) atoms. The molecule has 0 saturated carbocycles. The summed E-state index contributed by atoms with van der Waals surface area (Å²) in [6.07, 6.45) is 0. The molecule has 0 radical (unpaired) electrons. The normalized spacial score (nSPS) is 24.2. The lowest BCUT2D eigenvalue weighted by Gasteiger charge is -2.33. The standard InChI is InChI=1S/H2NO4S4/c2-8(3,6)1-9(4,5)7/h(H,2,3,6)(H,4,5,7)/q-1/p-2. The molecule has 0 aliphatic heterocycles. The van der Waals surface area contributed by atoms with Crippen molar-refractivity contribution in [2.24, 2.45) is 0 Å². The Hall–Kier alpha value is 0.620. The van der Waals surface area contributed by atoms with Crippen LogP contribution in [-0.2, 0) is 40.3 Å². The van der Waals surface area contributed by atoms with Crippen molar-refractivity contribution in [2.75, 3.05) is 0 Å². The molecular weight excluding hydrogens is 206 g/mol. The molecule has 9 heteroatoms. The molecule has 0 rings (SSSR count). The highest BCUT2D eigenvalue weighted by molar-refractivity contribution is 8.43. The lowest BCUT2D eigenvalue weighted by molar-refractivity contribution is 0.532. The van der Waals surface area contributed by atoms with E-state index in [4.69, 9.17) is 0 Å². The molecule has 5 nitrogen and oxygen atoms in total. The first-order valence-electron chi connectivity index (χ1n) is 1.37. The van der Waals surface area contributed by atoms with E-state index in [0.29, 0.717) is 0 Å². The van der Waals surface area contributed by atoms with Crippen molar-refractivity contribution in [1.29, 1.82) is 0 Å². The predicted molar refractivity (Wildman–Crippen MR) is 35.9 cm³/mol.